The van der Waals surface area contributed by atoms with Crippen LogP contribution in [0.2, 0.25) is 0 Å². The fourth-order valence-electron chi connectivity index (χ4n) is 3.44. The molecule has 0 unspecified atom stereocenters. The van der Waals surface area contributed by atoms with Crippen LogP contribution >= 0.6 is 23.7 Å². The topological polar surface area (TPSA) is 45.7 Å². The molecule has 1 aromatic heterocycles. The number of nitrogens with zero attached hydrogens (tertiary/aromatic N) is 3. The molecule has 1 heterocycles. The number of amides is 1. The molecule has 0 fully saturated rings. The first kappa shape index (κ1) is 23.0. The van der Waals surface area contributed by atoms with Crippen molar-refractivity contribution in [2.75, 3.05) is 38.7 Å². The first-order chi connectivity index (χ1) is 14.6. The highest BCUT2D eigenvalue weighted by Crippen LogP contribution is 2.34. The highest BCUT2D eigenvalue weighted by molar-refractivity contribution is 7.22. The minimum atomic E-state index is -0.0869. The third-order valence-corrected chi connectivity index (χ3v) is 5.99. The molecule has 0 radical (unpaired) electrons. The lowest BCUT2D eigenvalue weighted by Gasteiger charge is -2.24. The summed E-state index contributed by atoms with van der Waals surface area (Å²) >= 11 is 1.54. The molecule has 1 amide bonds. The van der Waals surface area contributed by atoms with Gasteiger partial charge in [0.1, 0.15) is 5.75 Å². The van der Waals surface area contributed by atoms with Gasteiger partial charge in [0.2, 0.25) is 0 Å². The van der Waals surface area contributed by atoms with Gasteiger partial charge in [-0.2, -0.15) is 0 Å². The SMILES string of the molecule is CCOc1ccc2ccccc2c1C(=O)N(CCN(C)C)c1nc2ccccc2s1.Cl. The number of thiazole rings is 1. The Labute approximate surface area is 192 Å². The van der Waals surface area contributed by atoms with Crippen LogP contribution in [0.25, 0.3) is 21.0 Å². The second kappa shape index (κ2) is 10.1. The number of halogens is 1. The molecule has 5 nitrogen and oxygen atoms in total. The standard InChI is InChI=1S/C24H25N3O2S.ClH/c1-4-29-20-14-13-17-9-5-6-10-18(17)22(20)23(28)27(16-15-26(2)3)24-25-19-11-7-8-12-21(19)30-24;/h5-14H,4,15-16H2,1-3H3;1H. The molecular weight excluding hydrogens is 430 g/mol. The van der Waals surface area contributed by atoms with Crippen LogP contribution in [0.5, 0.6) is 5.75 Å². The van der Waals surface area contributed by atoms with Crippen molar-refractivity contribution >= 4 is 55.8 Å². The van der Waals surface area contributed by atoms with Gasteiger partial charge >= 0.3 is 0 Å². The second-order valence-electron chi connectivity index (χ2n) is 7.32. The van der Waals surface area contributed by atoms with Crippen LogP contribution in [0.1, 0.15) is 17.3 Å². The monoisotopic (exact) mass is 455 g/mol. The summed E-state index contributed by atoms with van der Waals surface area (Å²) in [5, 5.41) is 2.61. The van der Waals surface area contributed by atoms with E-state index in [-0.39, 0.29) is 18.3 Å². The van der Waals surface area contributed by atoms with Gasteiger partial charge in [0.15, 0.2) is 5.13 Å². The smallest absolute Gasteiger partial charge is 0.264 e. The van der Waals surface area contributed by atoms with Gasteiger partial charge in [0, 0.05) is 13.1 Å². The lowest BCUT2D eigenvalue weighted by Crippen LogP contribution is -2.37. The van der Waals surface area contributed by atoms with Crippen molar-refractivity contribution in [3.8, 4) is 5.75 Å². The van der Waals surface area contributed by atoms with Gasteiger partial charge in [-0.3, -0.25) is 9.69 Å². The van der Waals surface area contributed by atoms with E-state index in [9.17, 15) is 4.79 Å². The maximum Gasteiger partial charge on any atom is 0.264 e. The number of carbonyl (C=O) groups excluding carboxylic acids is 1. The maximum absolute atomic E-state index is 13.9. The molecule has 0 saturated heterocycles. The second-order valence-corrected chi connectivity index (χ2v) is 8.33. The van der Waals surface area contributed by atoms with Crippen molar-refractivity contribution in [1.82, 2.24) is 9.88 Å². The molecule has 31 heavy (non-hydrogen) atoms. The van der Waals surface area contributed by atoms with E-state index < -0.39 is 0 Å². The molecule has 4 rings (SSSR count). The first-order valence-corrected chi connectivity index (χ1v) is 10.9. The number of aromatic nitrogens is 1. The largest absolute Gasteiger partial charge is 0.493 e. The molecule has 162 valence electrons. The summed E-state index contributed by atoms with van der Waals surface area (Å²) in [5.74, 6) is 0.522. The van der Waals surface area contributed by atoms with Gasteiger partial charge in [0.05, 0.1) is 22.4 Å². The minimum Gasteiger partial charge on any atom is -0.493 e. The Bertz CT molecular complexity index is 1160. The van der Waals surface area contributed by atoms with E-state index in [4.69, 9.17) is 9.72 Å². The predicted molar refractivity (Wildman–Crippen MR) is 132 cm³/mol. The molecular formula is C24H26ClN3O2S. The summed E-state index contributed by atoms with van der Waals surface area (Å²) in [6, 6.07) is 19.8. The molecule has 0 aliphatic carbocycles. The van der Waals surface area contributed by atoms with Crippen molar-refractivity contribution in [2.24, 2.45) is 0 Å². The fraction of sp³-hybridized carbons (Fsp3) is 0.250. The predicted octanol–water partition coefficient (Wildman–Crippen LogP) is 5.48. The van der Waals surface area contributed by atoms with Gasteiger partial charge in [-0.25, -0.2) is 4.98 Å². The van der Waals surface area contributed by atoms with Gasteiger partial charge in [-0.05, 0) is 50.0 Å². The Balaban J connectivity index is 0.00000272. The summed E-state index contributed by atoms with van der Waals surface area (Å²) in [4.78, 5) is 22.6. The zero-order valence-corrected chi connectivity index (χ0v) is 19.5. The molecule has 3 aromatic carbocycles. The highest BCUT2D eigenvalue weighted by Gasteiger charge is 2.26. The number of fused-ring (bicyclic) bond motifs is 2. The van der Waals surface area contributed by atoms with Crippen LogP contribution < -0.4 is 9.64 Å². The van der Waals surface area contributed by atoms with Gasteiger partial charge in [-0.15, -0.1) is 12.4 Å². The van der Waals surface area contributed by atoms with Crippen LogP contribution in [0.3, 0.4) is 0 Å². The van der Waals surface area contributed by atoms with E-state index in [1.165, 1.54) is 11.3 Å². The average Bonchev–Trinajstić information content (AvgIpc) is 3.17. The number of hydrogen-bond acceptors (Lipinski definition) is 5. The summed E-state index contributed by atoms with van der Waals surface area (Å²) in [5.41, 5.74) is 1.50. The number of ether oxygens (including phenoxy) is 1. The molecule has 0 atom stereocenters. The van der Waals surface area contributed by atoms with Crippen molar-refractivity contribution in [2.45, 2.75) is 6.92 Å². The zero-order valence-electron chi connectivity index (χ0n) is 17.9. The minimum absolute atomic E-state index is 0. The normalized spacial score (nSPS) is 11.0. The van der Waals surface area contributed by atoms with E-state index in [1.807, 2.05) is 81.7 Å². The number of rotatable bonds is 7. The van der Waals surface area contributed by atoms with Crippen molar-refractivity contribution in [3.63, 3.8) is 0 Å². The van der Waals surface area contributed by atoms with Crippen LogP contribution in [0.15, 0.2) is 60.7 Å². The summed E-state index contributed by atoms with van der Waals surface area (Å²) in [6.45, 7) is 3.70. The fourth-order valence-corrected chi connectivity index (χ4v) is 4.43. The van der Waals surface area contributed by atoms with E-state index >= 15 is 0 Å². The third-order valence-electron chi connectivity index (χ3n) is 4.93. The molecule has 0 aliphatic heterocycles. The van der Waals surface area contributed by atoms with Crippen LogP contribution in [0, 0.1) is 0 Å². The van der Waals surface area contributed by atoms with Crippen molar-refractivity contribution in [1.29, 1.82) is 0 Å². The van der Waals surface area contributed by atoms with Crippen LogP contribution in [-0.2, 0) is 0 Å². The van der Waals surface area contributed by atoms with Crippen molar-refractivity contribution in [3.05, 3.63) is 66.2 Å². The lowest BCUT2D eigenvalue weighted by molar-refractivity contribution is 0.0983. The molecule has 4 aromatic rings. The molecule has 7 heteroatoms. The Morgan fingerprint density at radius 2 is 1.74 bits per heavy atom. The quantitative estimate of drug-likeness (QED) is 0.370. The zero-order chi connectivity index (χ0) is 21.1. The Kier molecular flexibility index (Phi) is 7.49. The van der Waals surface area contributed by atoms with E-state index in [0.29, 0.717) is 29.6 Å². The third kappa shape index (κ3) is 4.82. The molecule has 0 saturated carbocycles. The van der Waals surface area contributed by atoms with Crippen LogP contribution in [0.4, 0.5) is 5.13 Å². The van der Waals surface area contributed by atoms with E-state index in [0.717, 1.165) is 27.5 Å². The first-order valence-electron chi connectivity index (χ1n) is 10.0. The van der Waals surface area contributed by atoms with Gasteiger partial charge in [0.25, 0.3) is 5.91 Å². The van der Waals surface area contributed by atoms with Crippen molar-refractivity contribution < 1.29 is 9.53 Å². The van der Waals surface area contributed by atoms with E-state index in [1.54, 1.807) is 4.90 Å². The average molecular weight is 456 g/mol. The molecule has 0 N–H and O–H groups in total. The molecule has 0 bridgehead atoms. The number of hydrogen-bond donors (Lipinski definition) is 0. The van der Waals surface area contributed by atoms with Crippen LogP contribution in [-0.4, -0.2) is 49.6 Å². The summed E-state index contributed by atoms with van der Waals surface area (Å²) < 4.78 is 6.93. The number of para-hydroxylation sites is 1. The Morgan fingerprint density at radius 1 is 1.00 bits per heavy atom. The Hall–Kier alpha value is -2.67. The lowest BCUT2D eigenvalue weighted by atomic mass is 10.0. The number of carbonyl (C=O) groups is 1. The number of likely N-dealkylation sites (N-methyl/N-ethyl adjacent to an activating group) is 1. The number of benzene rings is 3. The van der Waals surface area contributed by atoms with Gasteiger partial charge in [-0.1, -0.05) is 53.8 Å². The Morgan fingerprint density at radius 3 is 2.48 bits per heavy atom. The summed E-state index contributed by atoms with van der Waals surface area (Å²) in [7, 11) is 4.01. The maximum atomic E-state index is 13.9. The number of anilines is 1. The van der Waals surface area contributed by atoms with E-state index in [2.05, 4.69) is 4.90 Å². The molecule has 0 aliphatic rings. The highest BCUT2D eigenvalue weighted by atomic mass is 35.5. The molecule has 0 spiro atoms. The summed E-state index contributed by atoms with van der Waals surface area (Å²) in [6.07, 6.45) is 0. The van der Waals surface area contributed by atoms with Gasteiger partial charge < -0.3 is 9.64 Å².